The second-order valence-corrected chi connectivity index (χ2v) is 7.65. The number of hydrogen-bond donors (Lipinski definition) is 1. The zero-order valence-electron chi connectivity index (χ0n) is 16.8. The molecule has 0 atom stereocenters. The Balaban J connectivity index is 1.51. The summed E-state index contributed by atoms with van der Waals surface area (Å²) in [6.45, 7) is 2.04. The van der Waals surface area contributed by atoms with Crippen LogP contribution in [0.15, 0.2) is 89.4 Å². The molecule has 1 N–H and O–H groups in total. The zero-order chi connectivity index (χ0) is 21.5. The Morgan fingerprint density at radius 3 is 2.61 bits per heavy atom. The lowest BCUT2D eigenvalue weighted by molar-refractivity contribution is -0.118. The van der Waals surface area contributed by atoms with E-state index in [1.54, 1.807) is 24.7 Å². The fraction of sp³-hybridized carbons (Fsp3) is 0.0870. The highest BCUT2D eigenvalue weighted by molar-refractivity contribution is 7.99. The van der Waals surface area contributed by atoms with Crippen LogP contribution in [0.1, 0.15) is 11.1 Å². The normalized spacial score (nSPS) is 11.0. The van der Waals surface area contributed by atoms with E-state index >= 15 is 0 Å². The molecular weight excluding hydrogens is 408 g/mol. The Kier molecular flexibility index (Phi) is 6.49. The van der Waals surface area contributed by atoms with Crippen molar-refractivity contribution in [2.24, 2.45) is 5.10 Å². The molecule has 0 unspecified atom stereocenters. The quantitative estimate of drug-likeness (QED) is 0.274. The van der Waals surface area contributed by atoms with Gasteiger partial charge in [-0.1, -0.05) is 65.9 Å². The van der Waals surface area contributed by atoms with Gasteiger partial charge in [-0.05, 0) is 25.1 Å². The first kappa shape index (κ1) is 20.5. The summed E-state index contributed by atoms with van der Waals surface area (Å²) in [6, 6.07) is 21.6. The Bertz CT molecular complexity index is 1170. The van der Waals surface area contributed by atoms with Crippen LogP contribution < -0.4 is 5.43 Å². The van der Waals surface area contributed by atoms with Crippen molar-refractivity contribution in [2.75, 3.05) is 5.75 Å². The summed E-state index contributed by atoms with van der Waals surface area (Å²) >= 11 is 1.31. The van der Waals surface area contributed by atoms with E-state index in [0.29, 0.717) is 5.16 Å². The van der Waals surface area contributed by atoms with Crippen LogP contribution in [0.3, 0.4) is 0 Å². The van der Waals surface area contributed by atoms with E-state index in [2.05, 4.69) is 25.7 Å². The highest BCUT2D eigenvalue weighted by atomic mass is 32.2. The largest absolute Gasteiger partial charge is 0.272 e. The van der Waals surface area contributed by atoms with Crippen LogP contribution >= 0.6 is 11.8 Å². The number of aromatic nitrogens is 4. The Hall–Kier alpha value is -3.78. The molecule has 1 amide bonds. The number of carbonyl (C=O) groups is 1. The van der Waals surface area contributed by atoms with E-state index < -0.39 is 0 Å². The van der Waals surface area contributed by atoms with E-state index in [1.807, 2.05) is 72.2 Å². The van der Waals surface area contributed by atoms with Gasteiger partial charge in [0.05, 0.1) is 12.0 Å². The van der Waals surface area contributed by atoms with Gasteiger partial charge in [-0.15, -0.1) is 10.2 Å². The van der Waals surface area contributed by atoms with Crippen LogP contribution in [0.5, 0.6) is 0 Å². The summed E-state index contributed by atoms with van der Waals surface area (Å²) < 4.78 is 1.96. The van der Waals surface area contributed by atoms with Gasteiger partial charge in [0.2, 0.25) is 0 Å². The Morgan fingerprint density at radius 2 is 1.87 bits per heavy atom. The lowest BCUT2D eigenvalue weighted by atomic mass is 10.2. The summed E-state index contributed by atoms with van der Waals surface area (Å²) in [6.07, 6.45) is 4.90. The molecule has 0 aliphatic rings. The van der Waals surface area contributed by atoms with Gasteiger partial charge in [0.25, 0.3) is 5.91 Å². The minimum absolute atomic E-state index is 0.156. The van der Waals surface area contributed by atoms with Gasteiger partial charge in [-0.3, -0.25) is 14.3 Å². The number of benzene rings is 2. The molecule has 0 saturated carbocycles. The average molecular weight is 429 g/mol. The fourth-order valence-corrected chi connectivity index (χ4v) is 3.60. The molecule has 2 aromatic carbocycles. The number of hydrazone groups is 1. The number of amides is 1. The molecule has 0 radical (unpaired) electrons. The maximum absolute atomic E-state index is 12.3. The van der Waals surface area contributed by atoms with Gasteiger partial charge in [0, 0.05) is 29.2 Å². The molecule has 7 nitrogen and oxygen atoms in total. The zero-order valence-corrected chi connectivity index (χ0v) is 17.7. The summed E-state index contributed by atoms with van der Waals surface area (Å²) in [7, 11) is 0. The lowest BCUT2D eigenvalue weighted by Gasteiger charge is -2.10. The molecule has 2 heterocycles. The van der Waals surface area contributed by atoms with E-state index in [4.69, 9.17) is 0 Å². The van der Waals surface area contributed by atoms with Crippen LogP contribution in [0.4, 0.5) is 0 Å². The topological polar surface area (TPSA) is 85.1 Å². The molecule has 0 spiro atoms. The number of pyridine rings is 1. The molecule has 0 fully saturated rings. The van der Waals surface area contributed by atoms with Crippen molar-refractivity contribution in [1.29, 1.82) is 0 Å². The number of nitrogens with zero attached hydrogens (tertiary/aromatic N) is 5. The molecule has 8 heteroatoms. The molecule has 0 bridgehead atoms. The smallest absolute Gasteiger partial charge is 0.250 e. The lowest BCUT2D eigenvalue weighted by Crippen LogP contribution is -2.20. The number of nitrogens with one attached hydrogen (secondary N) is 1. The predicted molar refractivity (Wildman–Crippen MR) is 122 cm³/mol. The van der Waals surface area contributed by atoms with E-state index in [-0.39, 0.29) is 11.7 Å². The van der Waals surface area contributed by atoms with Crippen LogP contribution in [0, 0.1) is 6.92 Å². The summed E-state index contributed by atoms with van der Waals surface area (Å²) in [5.74, 6) is 0.648. The highest BCUT2D eigenvalue weighted by Crippen LogP contribution is 2.28. The Labute approximate surface area is 184 Å². The predicted octanol–water partition coefficient (Wildman–Crippen LogP) is 3.88. The first-order chi connectivity index (χ1) is 15.2. The number of aryl methyl sites for hydroxylation is 1. The van der Waals surface area contributed by atoms with Gasteiger partial charge in [0.15, 0.2) is 11.0 Å². The van der Waals surface area contributed by atoms with E-state index in [1.165, 1.54) is 11.8 Å². The third-order valence-corrected chi connectivity index (χ3v) is 5.31. The summed E-state index contributed by atoms with van der Waals surface area (Å²) in [5, 5.41) is 13.3. The second kappa shape index (κ2) is 9.82. The average Bonchev–Trinajstić information content (AvgIpc) is 3.23. The molecule has 154 valence electrons. The molecule has 0 aliphatic heterocycles. The van der Waals surface area contributed by atoms with E-state index in [0.717, 1.165) is 28.2 Å². The second-order valence-electron chi connectivity index (χ2n) is 6.71. The number of thioether (sulfide) groups is 1. The standard InChI is InChI=1S/C23H20N6OS/c1-17-9-11-20(12-10-17)29-22(19-7-3-2-4-8-19)27-28-23(29)31-16-21(30)26-25-15-18-6-5-13-24-14-18/h2-15H,16H2,1H3,(H,26,30)/b25-15+. The van der Waals surface area contributed by atoms with E-state index in [9.17, 15) is 4.79 Å². The molecule has 4 aromatic rings. The molecule has 31 heavy (non-hydrogen) atoms. The van der Waals surface area contributed by atoms with Crippen molar-refractivity contribution in [3.63, 3.8) is 0 Å². The number of carbonyl (C=O) groups excluding carboxylic acids is 1. The Morgan fingerprint density at radius 1 is 1.06 bits per heavy atom. The minimum atomic E-state index is -0.232. The fourth-order valence-electron chi connectivity index (χ4n) is 2.86. The first-order valence-corrected chi connectivity index (χ1v) is 10.6. The minimum Gasteiger partial charge on any atom is -0.272 e. The van der Waals surface area contributed by atoms with Gasteiger partial charge in [-0.25, -0.2) is 5.43 Å². The molecule has 0 aliphatic carbocycles. The van der Waals surface area contributed by atoms with Gasteiger partial charge < -0.3 is 0 Å². The van der Waals surface area contributed by atoms with Crippen LogP contribution in [-0.4, -0.2) is 37.6 Å². The molecular formula is C23H20N6OS. The molecule has 4 rings (SSSR count). The summed E-state index contributed by atoms with van der Waals surface area (Å²) in [5.41, 5.74) is 6.39. The van der Waals surface area contributed by atoms with Crippen molar-refractivity contribution in [3.8, 4) is 17.1 Å². The third kappa shape index (κ3) is 5.23. The monoisotopic (exact) mass is 428 g/mol. The number of rotatable bonds is 7. The van der Waals surface area contributed by atoms with Crippen molar-refractivity contribution in [1.82, 2.24) is 25.2 Å². The summed E-state index contributed by atoms with van der Waals surface area (Å²) in [4.78, 5) is 16.3. The van der Waals surface area contributed by atoms with Gasteiger partial charge in [0.1, 0.15) is 0 Å². The number of hydrogen-bond acceptors (Lipinski definition) is 6. The van der Waals surface area contributed by atoms with Crippen LogP contribution in [-0.2, 0) is 4.79 Å². The SMILES string of the molecule is Cc1ccc(-n2c(SCC(=O)N/N=C/c3cccnc3)nnc2-c2ccccc2)cc1. The van der Waals surface area contributed by atoms with Gasteiger partial charge in [-0.2, -0.15) is 5.10 Å². The maximum atomic E-state index is 12.3. The maximum Gasteiger partial charge on any atom is 0.250 e. The van der Waals surface area contributed by atoms with Crippen molar-refractivity contribution >= 4 is 23.9 Å². The van der Waals surface area contributed by atoms with Crippen molar-refractivity contribution < 1.29 is 4.79 Å². The third-order valence-electron chi connectivity index (χ3n) is 4.38. The highest BCUT2D eigenvalue weighted by Gasteiger charge is 2.17. The molecule has 0 saturated heterocycles. The first-order valence-electron chi connectivity index (χ1n) is 9.63. The van der Waals surface area contributed by atoms with Crippen LogP contribution in [0.2, 0.25) is 0 Å². The van der Waals surface area contributed by atoms with Crippen molar-refractivity contribution in [2.45, 2.75) is 12.1 Å². The van der Waals surface area contributed by atoms with Gasteiger partial charge >= 0.3 is 0 Å². The molecule has 2 aromatic heterocycles. The van der Waals surface area contributed by atoms with Crippen LogP contribution in [0.25, 0.3) is 17.1 Å². The van der Waals surface area contributed by atoms with Crippen molar-refractivity contribution in [3.05, 3.63) is 90.3 Å².